The Morgan fingerprint density at radius 3 is 2.67 bits per heavy atom. The van der Waals surface area contributed by atoms with Crippen molar-refractivity contribution >= 4 is 23.8 Å². The molecule has 0 aromatic heterocycles. The largest absolute Gasteiger partial charge is 0.465 e. The highest BCUT2D eigenvalue weighted by Gasteiger charge is 2.27. The molecule has 0 amide bonds. The first kappa shape index (κ1) is 10.3. The van der Waals surface area contributed by atoms with E-state index < -0.39 is 0 Å². The lowest BCUT2D eigenvalue weighted by Crippen LogP contribution is -2.08. The molecule has 2 nitrogen and oxygen atoms in total. The minimum Gasteiger partial charge on any atom is -0.465 e. The van der Waals surface area contributed by atoms with E-state index in [9.17, 15) is 4.79 Å². The standard InChI is InChI=1S/C12H12O2S/c1-2-9-3-5-10(6-4-9)15-11-7-8-14-12(11)13/h2-6,11H,1,7-8H2. The molecule has 15 heavy (non-hydrogen) atoms. The van der Waals surface area contributed by atoms with Gasteiger partial charge >= 0.3 is 5.97 Å². The number of rotatable bonds is 3. The topological polar surface area (TPSA) is 26.3 Å². The number of thioether (sulfide) groups is 1. The van der Waals surface area contributed by atoms with Crippen molar-refractivity contribution in [2.45, 2.75) is 16.6 Å². The molecule has 78 valence electrons. The summed E-state index contributed by atoms with van der Waals surface area (Å²) in [4.78, 5) is 12.3. The summed E-state index contributed by atoms with van der Waals surface area (Å²) in [6, 6.07) is 8.01. The molecular formula is C12H12O2S. The van der Waals surface area contributed by atoms with E-state index in [0.717, 1.165) is 16.9 Å². The van der Waals surface area contributed by atoms with Gasteiger partial charge in [-0.2, -0.15) is 0 Å². The van der Waals surface area contributed by atoms with E-state index in [0.29, 0.717) is 6.61 Å². The van der Waals surface area contributed by atoms with Crippen LogP contribution in [0.15, 0.2) is 35.7 Å². The highest BCUT2D eigenvalue weighted by atomic mass is 32.2. The van der Waals surface area contributed by atoms with Gasteiger partial charge in [0.25, 0.3) is 0 Å². The number of esters is 1. The van der Waals surface area contributed by atoms with Crippen molar-refractivity contribution in [3.63, 3.8) is 0 Å². The normalized spacial score (nSPS) is 20.0. The van der Waals surface area contributed by atoms with Gasteiger partial charge in [-0.1, -0.05) is 24.8 Å². The summed E-state index contributed by atoms with van der Waals surface area (Å²) in [5.74, 6) is -0.0900. The average molecular weight is 220 g/mol. The van der Waals surface area contributed by atoms with Gasteiger partial charge in [0.1, 0.15) is 5.25 Å². The van der Waals surface area contributed by atoms with E-state index >= 15 is 0 Å². The Labute approximate surface area is 93.3 Å². The van der Waals surface area contributed by atoms with E-state index in [2.05, 4.69) is 6.58 Å². The molecule has 1 unspecified atom stereocenters. The van der Waals surface area contributed by atoms with Crippen LogP contribution in [-0.2, 0) is 9.53 Å². The highest BCUT2D eigenvalue weighted by molar-refractivity contribution is 8.00. The molecule has 1 aromatic carbocycles. The Morgan fingerprint density at radius 1 is 1.40 bits per heavy atom. The van der Waals surface area contributed by atoms with Crippen LogP contribution in [0.4, 0.5) is 0 Å². The highest BCUT2D eigenvalue weighted by Crippen LogP contribution is 2.29. The van der Waals surface area contributed by atoms with Crippen molar-refractivity contribution in [3.8, 4) is 0 Å². The molecule has 0 bridgehead atoms. The molecule has 1 heterocycles. The summed E-state index contributed by atoms with van der Waals surface area (Å²) in [6.07, 6.45) is 2.62. The average Bonchev–Trinajstić information content (AvgIpc) is 2.66. The van der Waals surface area contributed by atoms with Crippen molar-refractivity contribution in [1.29, 1.82) is 0 Å². The fraction of sp³-hybridized carbons (Fsp3) is 0.250. The lowest BCUT2D eigenvalue weighted by molar-refractivity contribution is -0.137. The van der Waals surface area contributed by atoms with E-state index in [1.807, 2.05) is 24.3 Å². The molecular weight excluding hydrogens is 208 g/mol. The zero-order chi connectivity index (χ0) is 10.7. The first-order valence-corrected chi connectivity index (χ1v) is 5.73. The van der Waals surface area contributed by atoms with E-state index in [1.165, 1.54) is 0 Å². The molecule has 3 heteroatoms. The van der Waals surface area contributed by atoms with Crippen LogP contribution in [0.25, 0.3) is 6.08 Å². The monoisotopic (exact) mass is 220 g/mol. The Balaban J connectivity index is 2.04. The molecule has 1 saturated heterocycles. The molecule has 0 aliphatic carbocycles. The van der Waals surface area contributed by atoms with Crippen LogP contribution < -0.4 is 0 Å². The predicted molar refractivity (Wildman–Crippen MR) is 61.8 cm³/mol. The fourth-order valence-electron chi connectivity index (χ4n) is 1.43. The van der Waals surface area contributed by atoms with Crippen LogP contribution in [0, 0.1) is 0 Å². The maximum Gasteiger partial charge on any atom is 0.319 e. The van der Waals surface area contributed by atoms with Gasteiger partial charge in [-0.15, -0.1) is 11.8 Å². The number of cyclic esters (lactones) is 1. The number of ether oxygens (including phenoxy) is 1. The van der Waals surface area contributed by atoms with Crippen molar-refractivity contribution < 1.29 is 9.53 Å². The second-order valence-electron chi connectivity index (χ2n) is 3.34. The summed E-state index contributed by atoms with van der Waals surface area (Å²) < 4.78 is 4.91. The maximum absolute atomic E-state index is 11.2. The molecule has 1 aliphatic heterocycles. The van der Waals surface area contributed by atoms with Crippen molar-refractivity contribution in [3.05, 3.63) is 36.4 Å². The van der Waals surface area contributed by atoms with E-state index in [1.54, 1.807) is 17.8 Å². The van der Waals surface area contributed by atoms with Gasteiger partial charge < -0.3 is 4.74 Å². The number of carbonyl (C=O) groups excluding carboxylic acids is 1. The minimum absolute atomic E-state index is 0.0282. The second kappa shape index (κ2) is 4.53. The molecule has 0 spiro atoms. The van der Waals surface area contributed by atoms with Crippen molar-refractivity contribution in [2.75, 3.05) is 6.61 Å². The first-order valence-electron chi connectivity index (χ1n) is 4.85. The Hall–Kier alpha value is -1.22. The molecule has 0 radical (unpaired) electrons. The maximum atomic E-state index is 11.2. The summed E-state index contributed by atoms with van der Waals surface area (Å²) >= 11 is 1.57. The van der Waals surface area contributed by atoms with Gasteiger partial charge in [-0.05, 0) is 17.7 Å². The van der Waals surface area contributed by atoms with Crippen LogP contribution in [0.5, 0.6) is 0 Å². The summed E-state index contributed by atoms with van der Waals surface area (Å²) in [5.41, 5.74) is 1.09. The van der Waals surface area contributed by atoms with Gasteiger partial charge in [0, 0.05) is 11.3 Å². The number of hydrogen-bond acceptors (Lipinski definition) is 3. The second-order valence-corrected chi connectivity index (χ2v) is 4.61. The number of carbonyl (C=O) groups is 1. The molecule has 1 aromatic rings. The summed E-state index contributed by atoms with van der Waals surface area (Å²) in [7, 11) is 0. The quantitative estimate of drug-likeness (QED) is 0.733. The molecule has 1 atom stereocenters. The van der Waals surface area contributed by atoms with Gasteiger partial charge in [0.15, 0.2) is 0 Å². The third kappa shape index (κ3) is 2.42. The van der Waals surface area contributed by atoms with Crippen LogP contribution in [-0.4, -0.2) is 17.8 Å². The third-order valence-corrected chi connectivity index (χ3v) is 3.54. The SMILES string of the molecule is C=Cc1ccc(SC2CCOC2=O)cc1. The summed E-state index contributed by atoms with van der Waals surface area (Å²) in [6.45, 7) is 4.25. The molecule has 1 fully saturated rings. The lowest BCUT2D eigenvalue weighted by Gasteiger charge is -2.05. The zero-order valence-corrected chi connectivity index (χ0v) is 9.13. The third-order valence-electron chi connectivity index (χ3n) is 2.28. The number of benzene rings is 1. The van der Waals surface area contributed by atoms with Crippen LogP contribution in [0.3, 0.4) is 0 Å². The Morgan fingerprint density at radius 2 is 2.13 bits per heavy atom. The van der Waals surface area contributed by atoms with Crippen LogP contribution >= 0.6 is 11.8 Å². The summed E-state index contributed by atoms with van der Waals surface area (Å²) in [5, 5.41) is -0.0282. The van der Waals surface area contributed by atoms with Crippen molar-refractivity contribution in [2.24, 2.45) is 0 Å². The Bertz CT molecular complexity index is 370. The molecule has 0 saturated carbocycles. The smallest absolute Gasteiger partial charge is 0.319 e. The van der Waals surface area contributed by atoms with E-state index in [4.69, 9.17) is 4.74 Å². The van der Waals surface area contributed by atoms with Crippen LogP contribution in [0.1, 0.15) is 12.0 Å². The molecule has 0 N–H and O–H groups in total. The van der Waals surface area contributed by atoms with Gasteiger partial charge in [-0.3, -0.25) is 4.79 Å². The minimum atomic E-state index is -0.0900. The zero-order valence-electron chi connectivity index (χ0n) is 8.31. The van der Waals surface area contributed by atoms with Crippen molar-refractivity contribution in [1.82, 2.24) is 0 Å². The van der Waals surface area contributed by atoms with Gasteiger partial charge in [0.2, 0.25) is 0 Å². The fourth-order valence-corrected chi connectivity index (χ4v) is 2.43. The van der Waals surface area contributed by atoms with Gasteiger partial charge in [-0.25, -0.2) is 0 Å². The lowest BCUT2D eigenvalue weighted by atomic mass is 10.2. The van der Waals surface area contributed by atoms with E-state index in [-0.39, 0.29) is 11.2 Å². The predicted octanol–water partition coefficient (Wildman–Crippen LogP) is 2.74. The Kier molecular flexibility index (Phi) is 3.11. The molecule has 2 rings (SSSR count). The van der Waals surface area contributed by atoms with Crippen LogP contribution in [0.2, 0.25) is 0 Å². The molecule has 1 aliphatic rings. The first-order chi connectivity index (χ1) is 7.29. The van der Waals surface area contributed by atoms with Gasteiger partial charge in [0.05, 0.1) is 6.61 Å². The number of hydrogen-bond donors (Lipinski definition) is 0.